The minimum atomic E-state index is -3.51. The summed E-state index contributed by atoms with van der Waals surface area (Å²) in [7, 11) is -3.51. The first kappa shape index (κ1) is 21.3. The maximum atomic E-state index is 13.0. The maximum absolute atomic E-state index is 13.0. The minimum Gasteiger partial charge on any atom is -0.378 e. The van der Waals surface area contributed by atoms with Crippen LogP contribution in [0.15, 0.2) is 35.2 Å². The first-order valence-electron chi connectivity index (χ1n) is 10.2. The largest absolute Gasteiger partial charge is 0.378 e. The highest BCUT2D eigenvalue weighted by Gasteiger charge is 2.32. The lowest BCUT2D eigenvalue weighted by Gasteiger charge is -2.34. The van der Waals surface area contributed by atoms with Crippen LogP contribution in [-0.2, 0) is 14.8 Å². The maximum Gasteiger partial charge on any atom is 0.253 e. The molecule has 0 N–H and O–H groups in total. The van der Waals surface area contributed by atoms with Gasteiger partial charge < -0.3 is 14.5 Å². The van der Waals surface area contributed by atoms with Crippen molar-refractivity contribution in [2.24, 2.45) is 0 Å². The van der Waals surface area contributed by atoms with Crippen LogP contribution in [0.1, 0.15) is 20.1 Å². The molecule has 1 aromatic carbocycles. The number of carbonyl (C=O) groups excluding carboxylic acids is 1. The second kappa shape index (κ2) is 8.66. The Bertz CT molecular complexity index is 1000. The Morgan fingerprint density at radius 1 is 0.967 bits per heavy atom. The molecule has 2 aliphatic heterocycles. The number of anilines is 1. The number of ether oxygens (including phenoxy) is 1. The molecule has 0 radical (unpaired) electrons. The number of thiophene rings is 1. The zero-order valence-corrected chi connectivity index (χ0v) is 19.0. The number of carbonyl (C=O) groups is 1. The van der Waals surface area contributed by atoms with E-state index in [2.05, 4.69) is 4.90 Å². The van der Waals surface area contributed by atoms with Crippen molar-refractivity contribution in [2.45, 2.75) is 18.7 Å². The smallest absolute Gasteiger partial charge is 0.253 e. The lowest BCUT2D eigenvalue weighted by atomic mass is 10.1. The molecule has 2 aliphatic rings. The third-order valence-corrected chi connectivity index (χ3v) is 8.75. The van der Waals surface area contributed by atoms with Gasteiger partial charge in [0, 0.05) is 60.3 Å². The number of morpholine rings is 1. The molecule has 0 unspecified atom stereocenters. The lowest BCUT2D eigenvalue weighted by Crippen LogP contribution is -2.50. The number of amides is 1. The molecule has 162 valence electrons. The molecule has 1 amide bonds. The molecule has 1 aromatic heterocycles. The van der Waals surface area contributed by atoms with Crippen molar-refractivity contribution in [2.75, 3.05) is 57.4 Å². The summed E-state index contributed by atoms with van der Waals surface area (Å²) in [5, 5.41) is 0. The first-order chi connectivity index (χ1) is 14.4. The van der Waals surface area contributed by atoms with Gasteiger partial charge >= 0.3 is 0 Å². The molecule has 30 heavy (non-hydrogen) atoms. The molecule has 0 aliphatic carbocycles. The van der Waals surface area contributed by atoms with E-state index in [-0.39, 0.29) is 5.91 Å². The van der Waals surface area contributed by atoms with Crippen LogP contribution in [0.25, 0.3) is 0 Å². The van der Waals surface area contributed by atoms with Crippen LogP contribution in [0.4, 0.5) is 5.69 Å². The molecule has 0 atom stereocenters. The van der Waals surface area contributed by atoms with E-state index in [9.17, 15) is 13.2 Å². The fourth-order valence-corrected chi connectivity index (χ4v) is 6.90. The Balaban J connectivity index is 1.39. The molecule has 2 fully saturated rings. The molecule has 0 saturated carbocycles. The van der Waals surface area contributed by atoms with Crippen LogP contribution in [0.5, 0.6) is 0 Å². The van der Waals surface area contributed by atoms with Crippen LogP contribution in [0.2, 0.25) is 0 Å². The quantitative estimate of drug-likeness (QED) is 0.717. The second-order valence-corrected chi connectivity index (χ2v) is 11.0. The Morgan fingerprint density at radius 3 is 2.17 bits per heavy atom. The summed E-state index contributed by atoms with van der Waals surface area (Å²) in [4.78, 5) is 19.1. The molecule has 2 saturated heterocycles. The normalized spacial score (nSPS) is 18.6. The fraction of sp³-hybridized carbons (Fsp3) is 0.476. The van der Waals surface area contributed by atoms with Crippen molar-refractivity contribution in [1.29, 1.82) is 0 Å². The summed E-state index contributed by atoms with van der Waals surface area (Å²) >= 11 is 1.49. The number of hydrogen-bond donors (Lipinski definition) is 0. The topological polar surface area (TPSA) is 70.2 Å². The van der Waals surface area contributed by atoms with Crippen LogP contribution >= 0.6 is 11.3 Å². The van der Waals surface area contributed by atoms with Gasteiger partial charge in [-0.05, 0) is 44.2 Å². The predicted octanol–water partition coefficient (Wildman–Crippen LogP) is 2.35. The van der Waals surface area contributed by atoms with E-state index in [1.165, 1.54) is 15.6 Å². The first-order valence-corrected chi connectivity index (χ1v) is 12.4. The van der Waals surface area contributed by atoms with Crippen LogP contribution < -0.4 is 4.90 Å². The Morgan fingerprint density at radius 2 is 1.60 bits per heavy atom. The van der Waals surface area contributed by atoms with Crippen molar-refractivity contribution >= 4 is 33.0 Å². The van der Waals surface area contributed by atoms with E-state index >= 15 is 0 Å². The van der Waals surface area contributed by atoms with Crippen molar-refractivity contribution in [3.05, 3.63) is 45.6 Å². The lowest BCUT2D eigenvalue weighted by molar-refractivity contribution is 0.0698. The summed E-state index contributed by atoms with van der Waals surface area (Å²) < 4.78 is 32.8. The SMILES string of the molecule is Cc1cc(S(=O)(=O)N2CCN(C(=O)c3ccc(N4CCOCC4)cc3)CC2)c(C)s1. The third-order valence-electron chi connectivity index (χ3n) is 5.63. The molecular weight excluding hydrogens is 422 g/mol. The molecule has 3 heterocycles. The van der Waals surface area contributed by atoms with Gasteiger partial charge in [-0.1, -0.05) is 0 Å². The molecule has 4 rings (SSSR count). The second-order valence-electron chi connectivity index (χ2n) is 7.62. The molecule has 7 nitrogen and oxygen atoms in total. The minimum absolute atomic E-state index is 0.0527. The Kier molecular flexibility index (Phi) is 6.15. The van der Waals surface area contributed by atoms with E-state index < -0.39 is 10.0 Å². The van der Waals surface area contributed by atoms with Gasteiger partial charge in [-0.25, -0.2) is 8.42 Å². The number of rotatable bonds is 4. The predicted molar refractivity (Wildman–Crippen MR) is 118 cm³/mol. The molecular formula is C21H27N3O4S2. The number of nitrogens with zero attached hydrogens (tertiary/aromatic N) is 3. The van der Waals surface area contributed by atoms with Gasteiger partial charge in [0.1, 0.15) is 0 Å². The number of hydrogen-bond acceptors (Lipinski definition) is 6. The number of aryl methyl sites for hydroxylation is 2. The van der Waals surface area contributed by atoms with Crippen LogP contribution in [-0.4, -0.2) is 76.0 Å². The standard InChI is InChI=1S/C21H27N3O4S2/c1-16-15-20(17(2)29-16)30(26,27)24-9-7-23(8-10-24)21(25)18-3-5-19(6-4-18)22-11-13-28-14-12-22/h3-6,15H,7-14H2,1-2H3. The van der Waals surface area contributed by atoms with Crippen LogP contribution in [0, 0.1) is 13.8 Å². The highest BCUT2D eigenvalue weighted by atomic mass is 32.2. The number of piperazine rings is 1. The highest BCUT2D eigenvalue weighted by molar-refractivity contribution is 7.89. The molecule has 0 spiro atoms. The molecule has 2 aromatic rings. The zero-order chi connectivity index (χ0) is 21.3. The summed E-state index contributed by atoms with van der Waals surface area (Å²) in [5.41, 5.74) is 1.72. The monoisotopic (exact) mass is 449 g/mol. The van der Waals surface area contributed by atoms with Gasteiger partial charge in [-0.2, -0.15) is 4.31 Å². The van der Waals surface area contributed by atoms with Gasteiger partial charge in [0.25, 0.3) is 5.91 Å². The van der Waals surface area contributed by atoms with Crippen molar-refractivity contribution in [1.82, 2.24) is 9.21 Å². The summed E-state index contributed by atoms with van der Waals surface area (Å²) in [6.07, 6.45) is 0. The fourth-order valence-electron chi connectivity index (χ4n) is 3.95. The van der Waals surface area contributed by atoms with E-state index in [1.54, 1.807) is 11.0 Å². The highest BCUT2D eigenvalue weighted by Crippen LogP contribution is 2.28. The van der Waals surface area contributed by atoms with Gasteiger partial charge in [0.15, 0.2) is 0 Å². The molecule has 9 heteroatoms. The Labute approximate surface area is 181 Å². The van der Waals surface area contributed by atoms with Crippen molar-refractivity contribution < 1.29 is 17.9 Å². The van der Waals surface area contributed by atoms with Gasteiger partial charge in [-0.15, -0.1) is 11.3 Å². The van der Waals surface area contributed by atoms with Crippen molar-refractivity contribution in [3.63, 3.8) is 0 Å². The van der Waals surface area contributed by atoms with Gasteiger partial charge in [0.05, 0.1) is 18.1 Å². The summed E-state index contributed by atoms with van der Waals surface area (Å²) in [6, 6.07) is 9.40. The number of benzene rings is 1. The van der Waals surface area contributed by atoms with Gasteiger partial charge in [0.2, 0.25) is 10.0 Å². The summed E-state index contributed by atoms with van der Waals surface area (Å²) in [6.45, 7) is 8.32. The average Bonchev–Trinajstić information content (AvgIpc) is 3.13. The molecule has 0 bridgehead atoms. The zero-order valence-electron chi connectivity index (χ0n) is 17.3. The third kappa shape index (κ3) is 4.25. The Hall–Kier alpha value is -1.94. The van der Waals surface area contributed by atoms with Gasteiger partial charge in [-0.3, -0.25) is 4.79 Å². The van der Waals surface area contributed by atoms with E-state index in [4.69, 9.17) is 4.74 Å². The summed E-state index contributed by atoms with van der Waals surface area (Å²) in [5.74, 6) is -0.0527. The average molecular weight is 450 g/mol. The van der Waals surface area contributed by atoms with E-state index in [0.29, 0.717) is 36.6 Å². The number of sulfonamides is 1. The van der Waals surface area contributed by atoms with Crippen LogP contribution in [0.3, 0.4) is 0 Å². The van der Waals surface area contributed by atoms with E-state index in [1.807, 2.05) is 38.1 Å². The van der Waals surface area contributed by atoms with E-state index in [0.717, 1.165) is 41.7 Å². The van der Waals surface area contributed by atoms with Crippen molar-refractivity contribution in [3.8, 4) is 0 Å².